The van der Waals surface area contributed by atoms with Crippen molar-refractivity contribution in [2.45, 2.75) is 26.5 Å². The van der Waals surface area contributed by atoms with Crippen molar-refractivity contribution in [2.24, 2.45) is 0 Å². The molecule has 3 heteroatoms. The molecule has 0 saturated heterocycles. The highest BCUT2D eigenvalue weighted by molar-refractivity contribution is 5.28. The molecular formula is C17H21NO2. The van der Waals surface area contributed by atoms with Crippen LogP contribution in [0.15, 0.2) is 54.6 Å². The van der Waals surface area contributed by atoms with Crippen molar-refractivity contribution in [3.8, 4) is 5.75 Å². The van der Waals surface area contributed by atoms with Gasteiger partial charge in [0.05, 0.1) is 19.3 Å². The summed E-state index contributed by atoms with van der Waals surface area (Å²) in [4.78, 5) is 5.53. The van der Waals surface area contributed by atoms with Crippen LogP contribution in [0.2, 0.25) is 0 Å². The van der Waals surface area contributed by atoms with Crippen molar-refractivity contribution in [1.29, 1.82) is 0 Å². The van der Waals surface area contributed by atoms with Gasteiger partial charge in [0.25, 0.3) is 0 Å². The van der Waals surface area contributed by atoms with E-state index in [1.807, 2.05) is 49.4 Å². The molecule has 2 aromatic carbocycles. The summed E-state index contributed by atoms with van der Waals surface area (Å²) in [6, 6.07) is 18.3. The minimum absolute atomic E-state index is 0.134. The van der Waals surface area contributed by atoms with E-state index in [-0.39, 0.29) is 6.04 Å². The first-order valence-corrected chi connectivity index (χ1v) is 6.93. The number of hydroxylamine groups is 1. The zero-order valence-electron chi connectivity index (χ0n) is 12.0. The molecule has 0 saturated carbocycles. The Balaban J connectivity index is 1.80. The van der Waals surface area contributed by atoms with Crippen molar-refractivity contribution in [2.75, 3.05) is 6.61 Å². The topological polar surface area (TPSA) is 30.5 Å². The van der Waals surface area contributed by atoms with Crippen LogP contribution in [0.4, 0.5) is 0 Å². The van der Waals surface area contributed by atoms with Gasteiger partial charge < -0.3 is 4.74 Å². The van der Waals surface area contributed by atoms with Gasteiger partial charge in [0.15, 0.2) is 0 Å². The summed E-state index contributed by atoms with van der Waals surface area (Å²) < 4.78 is 5.43. The van der Waals surface area contributed by atoms with Crippen LogP contribution >= 0.6 is 0 Å². The maximum absolute atomic E-state index is 5.53. The molecule has 0 amide bonds. The molecule has 0 aliphatic rings. The molecule has 0 bridgehead atoms. The SMILES string of the molecule is CCOc1ccc(C(C)NOCc2ccccc2)cc1. The largest absolute Gasteiger partial charge is 0.494 e. The monoisotopic (exact) mass is 271 g/mol. The van der Waals surface area contributed by atoms with Crippen molar-refractivity contribution in [3.63, 3.8) is 0 Å². The number of ether oxygens (including phenoxy) is 1. The number of rotatable bonds is 7. The summed E-state index contributed by atoms with van der Waals surface area (Å²) in [7, 11) is 0. The van der Waals surface area contributed by atoms with Gasteiger partial charge in [0.2, 0.25) is 0 Å². The predicted molar refractivity (Wildman–Crippen MR) is 80.4 cm³/mol. The van der Waals surface area contributed by atoms with Gasteiger partial charge in [-0.2, -0.15) is 5.48 Å². The zero-order valence-corrected chi connectivity index (χ0v) is 12.0. The van der Waals surface area contributed by atoms with Crippen molar-refractivity contribution >= 4 is 0 Å². The third-order valence-electron chi connectivity index (χ3n) is 3.03. The highest BCUT2D eigenvalue weighted by Gasteiger charge is 2.05. The van der Waals surface area contributed by atoms with Gasteiger partial charge >= 0.3 is 0 Å². The molecule has 20 heavy (non-hydrogen) atoms. The molecule has 0 aliphatic heterocycles. The molecule has 1 N–H and O–H groups in total. The third-order valence-corrected chi connectivity index (χ3v) is 3.03. The summed E-state index contributed by atoms with van der Waals surface area (Å²) in [5.74, 6) is 0.897. The molecule has 3 nitrogen and oxygen atoms in total. The van der Waals surface area contributed by atoms with Crippen LogP contribution < -0.4 is 10.2 Å². The number of benzene rings is 2. The lowest BCUT2D eigenvalue weighted by atomic mass is 10.1. The summed E-state index contributed by atoms with van der Waals surface area (Å²) in [6.45, 7) is 5.30. The van der Waals surface area contributed by atoms with Gasteiger partial charge in [0, 0.05) is 0 Å². The van der Waals surface area contributed by atoms with E-state index in [9.17, 15) is 0 Å². The summed E-state index contributed by atoms with van der Waals surface area (Å²) in [5.41, 5.74) is 5.38. The van der Waals surface area contributed by atoms with Gasteiger partial charge in [-0.1, -0.05) is 42.5 Å². The van der Waals surface area contributed by atoms with Crippen LogP contribution in [0.5, 0.6) is 5.75 Å². The lowest BCUT2D eigenvalue weighted by Crippen LogP contribution is -2.18. The fraction of sp³-hybridized carbons (Fsp3) is 0.294. The zero-order chi connectivity index (χ0) is 14.2. The van der Waals surface area contributed by atoms with Crippen LogP contribution in [0.1, 0.15) is 31.0 Å². The van der Waals surface area contributed by atoms with E-state index in [1.54, 1.807) is 0 Å². The molecule has 0 aliphatic carbocycles. The number of hydrogen-bond donors (Lipinski definition) is 1. The second-order valence-corrected chi connectivity index (χ2v) is 4.62. The van der Waals surface area contributed by atoms with Crippen LogP contribution in [-0.2, 0) is 11.4 Å². The first-order valence-electron chi connectivity index (χ1n) is 6.93. The van der Waals surface area contributed by atoms with E-state index in [4.69, 9.17) is 9.57 Å². The Morgan fingerprint density at radius 1 is 1.00 bits per heavy atom. The molecule has 1 unspecified atom stereocenters. The van der Waals surface area contributed by atoms with Gasteiger partial charge in [-0.05, 0) is 37.1 Å². The average molecular weight is 271 g/mol. The lowest BCUT2D eigenvalue weighted by molar-refractivity contribution is 0.00697. The van der Waals surface area contributed by atoms with Crippen molar-refractivity contribution in [1.82, 2.24) is 5.48 Å². The molecule has 2 aromatic rings. The fourth-order valence-electron chi connectivity index (χ4n) is 1.91. The molecule has 106 valence electrons. The molecule has 0 heterocycles. The third kappa shape index (κ3) is 4.37. The van der Waals surface area contributed by atoms with Crippen molar-refractivity contribution in [3.05, 3.63) is 65.7 Å². The quantitative estimate of drug-likeness (QED) is 0.775. The lowest BCUT2D eigenvalue weighted by Gasteiger charge is -2.14. The predicted octanol–water partition coefficient (Wildman–Crippen LogP) is 3.87. The van der Waals surface area contributed by atoms with E-state index in [0.717, 1.165) is 11.3 Å². The first-order chi connectivity index (χ1) is 9.79. The van der Waals surface area contributed by atoms with Crippen molar-refractivity contribution < 1.29 is 9.57 Å². The molecule has 0 radical (unpaired) electrons. The summed E-state index contributed by atoms with van der Waals surface area (Å²) >= 11 is 0. The summed E-state index contributed by atoms with van der Waals surface area (Å²) in [6.07, 6.45) is 0. The van der Waals surface area contributed by atoms with E-state index >= 15 is 0 Å². The minimum atomic E-state index is 0.134. The Labute approximate surface area is 120 Å². The molecular weight excluding hydrogens is 250 g/mol. The van der Waals surface area contributed by atoms with E-state index in [1.165, 1.54) is 5.56 Å². The Kier molecular flexibility index (Phi) is 5.59. The van der Waals surface area contributed by atoms with Gasteiger partial charge in [-0.25, -0.2) is 0 Å². The molecule has 1 atom stereocenters. The van der Waals surface area contributed by atoms with Gasteiger partial charge in [-0.15, -0.1) is 0 Å². The van der Waals surface area contributed by atoms with Gasteiger partial charge in [0.1, 0.15) is 5.75 Å². The second-order valence-electron chi connectivity index (χ2n) is 4.62. The van der Waals surface area contributed by atoms with Crippen LogP contribution in [0.25, 0.3) is 0 Å². The van der Waals surface area contributed by atoms with Crippen LogP contribution in [0, 0.1) is 0 Å². The normalized spacial score (nSPS) is 12.1. The number of hydrogen-bond acceptors (Lipinski definition) is 3. The maximum atomic E-state index is 5.53. The highest BCUT2D eigenvalue weighted by atomic mass is 16.6. The average Bonchev–Trinajstić information content (AvgIpc) is 2.49. The molecule has 0 spiro atoms. The minimum Gasteiger partial charge on any atom is -0.494 e. The molecule has 2 rings (SSSR count). The highest BCUT2D eigenvalue weighted by Crippen LogP contribution is 2.17. The smallest absolute Gasteiger partial charge is 0.119 e. The van der Waals surface area contributed by atoms with E-state index < -0.39 is 0 Å². The molecule has 0 aromatic heterocycles. The Morgan fingerprint density at radius 2 is 1.70 bits per heavy atom. The number of nitrogens with one attached hydrogen (secondary N) is 1. The van der Waals surface area contributed by atoms with E-state index in [0.29, 0.717) is 13.2 Å². The fourth-order valence-corrected chi connectivity index (χ4v) is 1.91. The second kappa shape index (κ2) is 7.68. The maximum Gasteiger partial charge on any atom is 0.119 e. The standard InChI is InChI=1S/C17H21NO2/c1-3-19-17-11-9-16(10-12-17)14(2)18-20-13-15-7-5-4-6-8-15/h4-12,14,18H,3,13H2,1-2H3. The summed E-state index contributed by atoms with van der Waals surface area (Å²) in [5, 5.41) is 0. The van der Waals surface area contributed by atoms with E-state index in [2.05, 4.69) is 24.5 Å². The Hall–Kier alpha value is -1.84. The van der Waals surface area contributed by atoms with Gasteiger partial charge in [-0.3, -0.25) is 4.84 Å². The Morgan fingerprint density at radius 3 is 2.35 bits per heavy atom. The Bertz CT molecular complexity index is 496. The molecule has 0 fully saturated rings. The van der Waals surface area contributed by atoms with Crippen LogP contribution in [-0.4, -0.2) is 6.61 Å². The first kappa shape index (κ1) is 14.6. The van der Waals surface area contributed by atoms with Crippen LogP contribution in [0.3, 0.4) is 0 Å².